The van der Waals surface area contributed by atoms with Crippen molar-refractivity contribution in [2.45, 2.75) is 13.1 Å². The molecular formula is C16H15F2N3O. The molecule has 0 spiro atoms. The van der Waals surface area contributed by atoms with Gasteiger partial charge in [0.15, 0.2) is 0 Å². The molecule has 0 saturated heterocycles. The topological polar surface area (TPSA) is 39.0 Å². The predicted molar refractivity (Wildman–Crippen MR) is 82.5 cm³/mol. The lowest BCUT2D eigenvalue weighted by Crippen LogP contribution is -2.25. The first kappa shape index (κ1) is 14.3. The minimum absolute atomic E-state index is 0.245. The molecule has 0 aliphatic carbocycles. The normalized spacial score (nSPS) is 11.3. The van der Waals surface area contributed by atoms with Gasteiger partial charge in [-0.05, 0) is 29.8 Å². The van der Waals surface area contributed by atoms with Crippen molar-refractivity contribution in [3.63, 3.8) is 0 Å². The van der Waals surface area contributed by atoms with E-state index in [1.807, 2.05) is 31.3 Å². The fraction of sp³-hybridized carbons (Fsp3) is 0.188. The van der Waals surface area contributed by atoms with Crippen LogP contribution in [0.25, 0.3) is 11.0 Å². The Kier molecular flexibility index (Phi) is 3.66. The third kappa shape index (κ3) is 2.36. The van der Waals surface area contributed by atoms with E-state index in [-0.39, 0.29) is 12.1 Å². The fourth-order valence-electron chi connectivity index (χ4n) is 2.53. The first-order chi connectivity index (χ1) is 10.6. The highest BCUT2D eigenvalue weighted by molar-refractivity contribution is 5.76. The molecule has 6 heteroatoms. The molecule has 0 atom stereocenters. The summed E-state index contributed by atoms with van der Waals surface area (Å²) < 4.78 is 28.2. The molecule has 3 aromatic rings. The monoisotopic (exact) mass is 303 g/mol. The first-order valence-corrected chi connectivity index (χ1v) is 6.86. The Morgan fingerprint density at radius 3 is 2.27 bits per heavy atom. The maximum Gasteiger partial charge on any atom is 0.333 e. The van der Waals surface area contributed by atoms with Crippen LogP contribution in [-0.2, 0) is 6.54 Å². The van der Waals surface area contributed by atoms with Crippen LogP contribution in [0.1, 0.15) is 12.1 Å². The fourth-order valence-corrected chi connectivity index (χ4v) is 2.53. The molecule has 0 amide bonds. The average molecular weight is 303 g/mol. The number of rotatable bonds is 4. The third-order valence-electron chi connectivity index (χ3n) is 3.65. The van der Waals surface area contributed by atoms with Crippen molar-refractivity contribution in [2.75, 3.05) is 12.4 Å². The summed E-state index contributed by atoms with van der Waals surface area (Å²) in [5, 5.41) is 3.01. The summed E-state index contributed by atoms with van der Waals surface area (Å²) in [6.45, 7) is -2.60. The second-order valence-corrected chi connectivity index (χ2v) is 4.95. The van der Waals surface area contributed by atoms with Crippen molar-refractivity contribution >= 4 is 16.7 Å². The number of hydrogen-bond acceptors (Lipinski definition) is 2. The Morgan fingerprint density at radius 2 is 1.68 bits per heavy atom. The van der Waals surface area contributed by atoms with Gasteiger partial charge in [0.1, 0.15) is 0 Å². The molecule has 0 aliphatic rings. The number of alkyl halides is 2. The quantitative estimate of drug-likeness (QED) is 0.803. The van der Waals surface area contributed by atoms with E-state index in [1.165, 1.54) is 10.6 Å². The van der Waals surface area contributed by atoms with Crippen molar-refractivity contribution in [3.05, 3.63) is 64.6 Å². The molecule has 0 saturated carbocycles. The van der Waals surface area contributed by atoms with Gasteiger partial charge in [0, 0.05) is 12.7 Å². The van der Waals surface area contributed by atoms with Crippen molar-refractivity contribution in [3.8, 4) is 0 Å². The van der Waals surface area contributed by atoms with E-state index in [4.69, 9.17) is 0 Å². The molecule has 4 nitrogen and oxygen atoms in total. The highest BCUT2D eigenvalue weighted by Gasteiger charge is 2.18. The minimum atomic E-state index is -2.86. The SMILES string of the molecule is CNc1ccc(Cn2c(=O)n(C(F)F)c3ccccc32)cc1. The number of nitrogens with one attached hydrogen (secondary N) is 1. The Morgan fingerprint density at radius 1 is 1.05 bits per heavy atom. The largest absolute Gasteiger partial charge is 0.388 e. The zero-order valence-corrected chi connectivity index (χ0v) is 12.0. The number of anilines is 1. The van der Waals surface area contributed by atoms with Crippen LogP contribution in [0.3, 0.4) is 0 Å². The number of para-hydroxylation sites is 2. The summed E-state index contributed by atoms with van der Waals surface area (Å²) in [5.74, 6) is 0. The molecule has 0 fully saturated rings. The van der Waals surface area contributed by atoms with Crippen LogP contribution in [0.15, 0.2) is 53.3 Å². The standard InChI is InChI=1S/C16H15F2N3O/c1-19-12-8-6-11(7-9-12)10-20-13-4-2-3-5-14(13)21(15(17)18)16(20)22/h2-9,15,19H,10H2,1H3. The molecule has 22 heavy (non-hydrogen) atoms. The van der Waals surface area contributed by atoms with Crippen LogP contribution >= 0.6 is 0 Å². The molecule has 1 aromatic heterocycles. The van der Waals surface area contributed by atoms with Crippen LogP contribution in [0.5, 0.6) is 0 Å². The Hall–Kier alpha value is -2.63. The van der Waals surface area contributed by atoms with E-state index in [9.17, 15) is 13.6 Å². The molecule has 2 aromatic carbocycles. The van der Waals surface area contributed by atoms with Crippen LogP contribution in [-0.4, -0.2) is 16.2 Å². The molecule has 1 heterocycles. The number of hydrogen-bond donors (Lipinski definition) is 1. The third-order valence-corrected chi connectivity index (χ3v) is 3.65. The van der Waals surface area contributed by atoms with E-state index < -0.39 is 12.2 Å². The lowest BCUT2D eigenvalue weighted by Gasteiger charge is -2.05. The van der Waals surface area contributed by atoms with Crippen LogP contribution < -0.4 is 11.0 Å². The van der Waals surface area contributed by atoms with Crippen molar-refractivity contribution in [1.82, 2.24) is 9.13 Å². The second kappa shape index (κ2) is 5.63. The van der Waals surface area contributed by atoms with Gasteiger partial charge in [0.05, 0.1) is 17.6 Å². The molecule has 114 valence electrons. The Labute approximate surface area is 125 Å². The number of nitrogens with zero attached hydrogens (tertiary/aromatic N) is 2. The van der Waals surface area contributed by atoms with Gasteiger partial charge in [0.25, 0.3) is 0 Å². The zero-order valence-electron chi connectivity index (χ0n) is 12.0. The molecule has 0 aliphatic heterocycles. The lowest BCUT2D eigenvalue weighted by molar-refractivity contribution is 0.0704. The number of fused-ring (bicyclic) bond motifs is 1. The Bertz CT molecular complexity index is 850. The number of halogens is 2. The maximum atomic E-state index is 13.2. The van der Waals surface area contributed by atoms with Gasteiger partial charge in [-0.25, -0.2) is 9.36 Å². The summed E-state index contributed by atoms with van der Waals surface area (Å²) in [6.07, 6.45) is 0. The maximum absolute atomic E-state index is 13.2. The van der Waals surface area contributed by atoms with E-state index in [1.54, 1.807) is 18.2 Å². The molecule has 0 radical (unpaired) electrons. The predicted octanol–water partition coefficient (Wildman–Crippen LogP) is 3.29. The molecule has 1 N–H and O–H groups in total. The van der Waals surface area contributed by atoms with Gasteiger partial charge in [-0.2, -0.15) is 8.78 Å². The van der Waals surface area contributed by atoms with Crippen molar-refractivity contribution < 1.29 is 8.78 Å². The van der Waals surface area contributed by atoms with Crippen molar-refractivity contribution in [2.24, 2.45) is 0 Å². The van der Waals surface area contributed by atoms with Gasteiger partial charge >= 0.3 is 12.2 Å². The second-order valence-electron chi connectivity index (χ2n) is 4.95. The molecule has 0 bridgehead atoms. The number of imidazole rings is 1. The van der Waals surface area contributed by atoms with E-state index in [0.29, 0.717) is 10.1 Å². The number of benzene rings is 2. The van der Waals surface area contributed by atoms with Gasteiger partial charge in [0.2, 0.25) is 0 Å². The highest BCUT2D eigenvalue weighted by atomic mass is 19.3. The highest BCUT2D eigenvalue weighted by Crippen LogP contribution is 2.20. The van der Waals surface area contributed by atoms with Gasteiger partial charge in [-0.15, -0.1) is 0 Å². The van der Waals surface area contributed by atoms with Crippen LogP contribution in [0.2, 0.25) is 0 Å². The average Bonchev–Trinajstić information content (AvgIpc) is 2.81. The van der Waals surface area contributed by atoms with E-state index in [2.05, 4.69) is 5.32 Å². The zero-order chi connectivity index (χ0) is 15.7. The molecule has 0 unspecified atom stereocenters. The summed E-state index contributed by atoms with van der Waals surface area (Å²) >= 11 is 0. The minimum Gasteiger partial charge on any atom is -0.388 e. The lowest BCUT2D eigenvalue weighted by atomic mass is 10.2. The van der Waals surface area contributed by atoms with Crippen LogP contribution in [0, 0.1) is 0 Å². The van der Waals surface area contributed by atoms with Gasteiger partial charge in [-0.3, -0.25) is 4.57 Å². The Balaban J connectivity index is 2.10. The van der Waals surface area contributed by atoms with Crippen molar-refractivity contribution in [1.29, 1.82) is 0 Å². The number of aromatic nitrogens is 2. The van der Waals surface area contributed by atoms with Crippen LogP contribution in [0.4, 0.5) is 14.5 Å². The van der Waals surface area contributed by atoms with Gasteiger partial charge in [-0.1, -0.05) is 24.3 Å². The summed E-state index contributed by atoms with van der Waals surface area (Å²) in [4.78, 5) is 12.3. The first-order valence-electron chi connectivity index (χ1n) is 6.86. The van der Waals surface area contributed by atoms with Gasteiger partial charge < -0.3 is 5.32 Å². The summed E-state index contributed by atoms with van der Waals surface area (Å²) in [5.41, 5.74) is 1.87. The smallest absolute Gasteiger partial charge is 0.333 e. The van der Waals surface area contributed by atoms with E-state index in [0.717, 1.165) is 11.3 Å². The summed E-state index contributed by atoms with van der Waals surface area (Å²) in [7, 11) is 1.82. The molecular weight excluding hydrogens is 288 g/mol. The van der Waals surface area contributed by atoms with E-state index >= 15 is 0 Å². The summed E-state index contributed by atoms with van der Waals surface area (Å²) in [6, 6.07) is 14.1. The molecule has 3 rings (SSSR count).